The first-order chi connectivity index (χ1) is 11.7. The van der Waals surface area contributed by atoms with Gasteiger partial charge in [0.2, 0.25) is 5.91 Å². The van der Waals surface area contributed by atoms with E-state index < -0.39 is 0 Å². The Kier molecular flexibility index (Phi) is 6.23. The summed E-state index contributed by atoms with van der Waals surface area (Å²) >= 11 is 1.81. The zero-order valence-corrected chi connectivity index (χ0v) is 15.6. The van der Waals surface area contributed by atoms with Crippen LogP contribution < -0.4 is 5.32 Å². The highest BCUT2D eigenvalue weighted by Crippen LogP contribution is 2.46. The molecule has 24 heavy (non-hydrogen) atoms. The minimum absolute atomic E-state index is 0.212. The Bertz CT molecular complexity index is 520. The number of carbonyl (C=O) groups excluding carboxylic acids is 1. The Labute approximate surface area is 150 Å². The summed E-state index contributed by atoms with van der Waals surface area (Å²) in [5.41, 5.74) is 0. The second kappa shape index (κ2) is 8.39. The van der Waals surface area contributed by atoms with Crippen LogP contribution in [0.15, 0.2) is 35.2 Å². The van der Waals surface area contributed by atoms with Crippen LogP contribution in [-0.4, -0.2) is 41.7 Å². The number of thioether (sulfide) groups is 1. The molecule has 1 aliphatic heterocycles. The van der Waals surface area contributed by atoms with Gasteiger partial charge in [-0.15, -0.1) is 11.8 Å². The third-order valence-electron chi connectivity index (χ3n) is 5.44. The Morgan fingerprint density at radius 3 is 2.50 bits per heavy atom. The van der Waals surface area contributed by atoms with Crippen molar-refractivity contribution in [3.63, 3.8) is 0 Å². The average Bonchev–Trinajstić information content (AvgIpc) is 3.10. The number of nitrogens with one attached hydrogen (secondary N) is 1. The molecule has 1 aromatic carbocycles. The van der Waals surface area contributed by atoms with Crippen LogP contribution in [0.25, 0.3) is 0 Å². The van der Waals surface area contributed by atoms with E-state index >= 15 is 0 Å². The van der Waals surface area contributed by atoms with Gasteiger partial charge in [-0.1, -0.05) is 38.0 Å². The number of likely N-dealkylation sites (tertiary alicyclic amines) is 1. The maximum absolute atomic E-state index is 13.3. The first-order valence-electron chi connectivity index (χ1n) is 9.48. The first kappa shape index (κ1) is 17.8. The highest BCUT2D eigenvalue weighted by Gasteiger charge is 2.45. The van der Waals surface area contributed by atoms with Gasteiger partial charge in [-0.3, -0.25) is 4.79 Å². The van der Waals surface area contributed by atoms with Gasteiger partial charge in [0.25, 0.3) is 0 Å². The fourth-order valence-electron chi connectivity index (χ4n) is 4.00. The maximum atomic E-state index is 13.3. The van der Waals surface area contributed by atoms with Gasteiger partial charge < -0.3 is 10.2 Å². The summed E-state index contributed by atoms with van der Waals surface area (Å²) in [4.78, 5) is 16.7. The molecule has 4 heteroatoms. The van der Waals surface area contributed by atoms with Crippen LogP contribution in [0.3, 0.4) is 0 Å². The molecule has 3 rings (SSSR count). The molecule has 132 valence electrons. The molecular weight excluding hydrogens is 316 g/mol. The van der Waals surface area contributed by atoms with Crippen molar-refractivity contribution in [1.29, 1.82) is 0 Å². The zero-order valence-electron chi connectivity index (χ0n) is 14.8. The molecule has 1 saturated heterocycles. The maximum Gasteiger partial charge on any atom is 0.239 e. The third kappa shape index (κ3) is 4.15. The van der Waals surface area contributed by atoms with Crippen LogP contribution in [-0.2, 0) is 4.79 Å². The lowest BCUT2D eigenvalue weighted by Gasteiger charge is -2.38. The second-order valence-electron chi connectivity index (χ2n) is 7.16. The topological polar surface area (TPSA) is 32.3 Å². The van der Waals surface area contributed by atoms with Crippen LogP contribution in [0, 0.1) is 5.92 Å². The summed E-state index contributed by atoms with van der Waals surface area (Å²) in [7, 11) is 0. The van der Waals surface area contributed by atoms with E-state index in [0.717, 1.165) is 57.8 Å². The van der Waals surface area contributed by atoms with E-state index in [1.807, 2.05) is 17.8 Å². The van der Waals surface area contributed by atoms with Crippen molar-refractivity contribution >= 4 is 17.7 Å². The fourth-order valence-corrected chi connectivity index (χ4v) is 5.45. The van der Waals surface area contributed by atoms with Gasteiger partial charge in [-0.25, -0.2) is 0 Å². The highest BCUT2D eigenvalue weighted by atomic mass is 32.2. The monoisotopic (exact) mass is 346 g/mol. The summed E-state index contributed by atoms with van der Waals surface area (Å²) in [5, 5.41) is 3.45. The lowest BCUT2D eigenvalue weighted by atomic mass is 9.95. The van der Waals surface area contributed by atoms with Crippen molar-refractivity contribution in [2.45, 2.75) is 55.1 Å². The van der Waals surface area contributed by atoms with Crippen molar-refractivity contribution in [3.05, 3.63) is 30.3 Å². The molecular formula is C20H30N2OS. The lowest BCUT2D eigenvalue weighted by Crippen LogP contribution is -2.49. The molecule has 0 unspecified atom stereocenters. The minimum Gasteiger partial charge on any atom is -0.341 e. The number of nitrogens with zero attached hydrogens (tertiary/aromatic N) is 1. The summed E-state index contributed by atoms with van der Waals surface area (Å²) in [6, 6.07) is 10.5. The number of carbonyl (C=O) groups is 1. The van der Waals surface area contributed by atoms with E-state index in [0.29, 0.717) is 5.91 Å². The molecule has 2 aliphatic rings. The standard InChI is InChI=1S/C20H30N2OS/c1-2-21-16-17-10-14-22(15-11-17)19(23)20(12-6-7-13-20)24-18-8-4-3-5-9-18/h3-5,8-9,17,21H,2,6-7,10-16H2,1H3. The van der Waals surface area contributed by atoms with E-state index in [1.165, 1.54) is 17.7 Å². The highest BCUT2D eigenvalue weighted by molar-refractivity contribution is 8.01. The van der Waals surface area contributed by atoms with Crippen molar-refractivity contribution in [1.82, 2.24) is 10.2 Å². The van der Waals surface area contributed by atoms with Gasteiger partial charge in [-0.05, 0) is 56.8 Å². The molecule has 0 atom stereocenters. The molecule has 0 radical (unpaired) electrons. The van der Waals surface area contributed by atoms with Crippen LogP contribution in [0.5, 0.6) is 0 Å². The molecule has 1 aliphatic carbocycles. The summed E-state index contributed by atoms with van der Waals surface area (Å²) in [6.45, 7) is 6.17. The Hall–Kier alpha value is -1.00. The van der Waals surface area contributed by atoms with E-state index in [1.54, 1.807) is 0 Å². The molecule has 1 aromatic rings. The van der Waals surface area contributed by atoms with Crippen molar-refractivity contribution in [3.8, 4) is 0 Å². The zero-order chi connectivity index (χ0) is 16.8. The van der Waals surface area contributed by atoms with Gasteiger partial charge >= 0.3 is 0 Å². The third-order valence-corrected chi connectivity index (χ3v) is 6.92. The number of amides is 1. The quantitative estimate of drug-likeness (QED) is 0.847. The Morgan fingerprint density at radius 2 is 1.88 bits per heavy atom. The average molecular weight is 347 g/mol. The number of piperidine rings is 1. The second-order valence-corrected chi connectivity index (χ2v) is 8.62. The van der Waals surface area contributed by atoms with E-state index in [9.17, 15) is 4.79 Å². The van der Waals surface area contributed by atoms with Gasteiger partial charge in [0.05, 0.1) is 4.75 Å². The number of hydrogen-bond acceptors (Lipinski definition) is 3. The molecule has 1 N–H and O–H groups in total. The van der Waals surface area contributed by atoms with Crippen molar-refractivity contribution < 1.29 is 4.79 Å². The molecule has 0 aromatic heterocycles. The van der Waals surface area contributed by atoms with E-state index in [2.05, 4.69) is 41.4 Å². The molecule has 3 nitrogen and oxygen atoms in total. The summed E-state index contributed by atoms with van der Waals surface area (Å²) in [6.07, 6.45) is 6.71. The number of hydrogen-bond donors (Lipinski definition) is 1. The molecule has 1 heterocycles. The van der Waals surface area contributed by atoms with Crippen LogP contribution in [0.4, 0.5) is 0 Å². The van der Waals surface area contributed by atoms with Crippen LogP contribution in [0.2, 0.25) is 0 Å². The smallest absolute Gasteiger partial charge is 0.239 e. The SMILES string of the molecule is CCNCC1CCN(C(=O)C2(Sc3ccccc3)CCCC2)CC1. The van der Waals surface area contributed by atoms with Gasteiger partial charge in [-0.2, -0.15) is 0 Å². The Balaban J connectivity index is 1.63. The molecule has 2 fully saturated rings. The van der Waals surface area contributed by atoms with Crippen molar-refractivity contribution in [2.75, 3.05) is 26.2 Å². The van der Waals surface area contributed by atoms with Gasteiger partial charge in [0.15, 0.2) is 0 Å². The summed E-state index contributed by atoms with van der Waals surface area (Å²) < 4.78 is -0.212. The van der Waals surface area contributed by atoms with E-state index in [4.69, 9.17) is 0 Å². The predicted molar refractivity (Wildman–Crippen MR) is 101 cm³/mol. The normalized spacial score (nSPS) is 21.1. The molecule has 1 saturated carbocycles. The molecule has 0 spiro atoms. The first-order valence-corrected chi connectivity index (χ1v) is 10.3. The van der Waals surface area contributed by atoms with Gasteiger partial charge in [0, 0.05) is 18.0 Å². The summed E-state index contributed by atoms with van der Waals surface area (Å²) in [5.74, 6) is 1.13. The molecule has 1 amide bonds. The van der Waals surface area contributed by atoms with Crippen LogP contribution in [0.1, 0.15) is 45.4 Å². The largest absolute Gasteiger partial charge is 0.341 e. The number of benzene rings is 1. The Morgan fingerprint density at radius 1 is 1.21 bits per heavy atom. The predicted octanol–water partition coefficient (Wildman–Crippen LogP) is 3.94. The minimum atomic E-state index is -0.212. The van der Waals surface area contributed by atoms with Crippen molar-refractivity contribution in [2.24, 2.45) is 5.92 Å². The van der Waals surface area contributed by atoms with Crippen LogP contribution >= 0.6 is 11.8 Å². The fraction of sp³-hybridized carbons (Fsp3) is 0.650. The lowest BCUT2D eigenvalue weighted by molar-refractivity contribution is -0.135. The van der Waals surface area contributed by atoms with E-state index in [-0.39, 0.29) is 4.75 Å². The number of rotatable bonds is 6. The molecule has 0 bridgehead atoms. The van der Waals surface area contributed by atoms with Gasteiger partial charge in [0.1, 0.15) is 0 Å².